The monoisotopic (exact) mass is 364 g/mol. The molecule has 7 heteroatoms. The number of para-hydroxylation sites is 1. The largest absolute Gasteiger partial charge is 0.524 e. The Labute approximate surface area is 146 Å². The molecule has 0 heterocycles. The van der Waals surface area contributed by atoms with E-state index < -0.39 is 7.82 Å². The summed E-state index contributed by atoms with van der Waals surface area (Å²) in [5.74, 6) is -0.421. The molecular formula is C18H21O6P. The molecule has 0 unspecified atom stereocenters. The van der Waals surface area contributed by atoms with Gasteiger partial charge in [0.15, 0.2) is 17.3 Å². The molecule has 0 atom stereocenters. The third-order valence-corrected chi connectivity index (χ3v) is 4.07. The molecule has 0 bridgehead atoms. The molecule has 0 aliphatic rings. The molecule has 0 saturated carbocycles. The van der Waals surface area contributed by atoms with E-state index in [-0.39, 0.29) is 29.5 Å². The minimum atomic E-state index is -4.78. The van der Waals surface area contributed by atoms with Crippen LogP contribution in [0.1, 0.15) is 39.5 Å². The summed E-state index contributed by atoms with van der Waals surface area (Å²) in [5, 5.41) is 0. The highest BCUT2D eigenvalue weighted by molar-refractivity contribution is 7.46. The summed E-state index contributed by atoms with van der Waals surface area (Å²) in [6.07, 6.45) is 0. The van der Waals surface area contributed by atoms with Crippen LogP contribution >= 0.6 is 7.82 Å². The zero-order valence-electron chi connectivity index (χ0n) is 14.6. The molecule has 0 radical (unpaired) electrons. The summed E-state index contributed by atoms with van der Waals surface area (Å²) in [4.78, 5) is 31.2. The lowest BCUT2D eigenvalue weighted by molar-refractivity contribution is 0.103. The number of phosphoric ester groups is 1. The molecular weight excluding hydrogens is 343 g/mol. The average molecular weight is 364 g/mol. The van der Waals surface area contributed by atoms with Crippen LogP contribution in [0.15, 0.2) is 30.3 Å². The summed E-state index contributed by atoms with van der Waals surface area (Å²) in [6, 6.07) is 8.24. The first kappa shape index (κ1) is 19.2. The van der Waals surface area contributed by atoms with E-state index in [2.05, 4.69) is 4.52 Å². The second kappa shape index (κ2) is 7.40. The van der Waals surface area contributed by atoms with Crippen molar-refractivity contribution in [3.05, 3.63) is 58.1 Å². The average Bonchev–Trinajstić information content (AvgIpc) is 2.46. The van der Waals surface area contributed by atoms with Crippen molar-refractivity contribution in [2.45, 2.75) is 27.7 Å². The molecule has 2 aromatic carbocycles. The number of benzene rings is 2. The van der Waals surface area contributed by atoms with E-state index in [0.717, 1.165) is 16.7 Å². The summed E-state index contributed by atoms with van der Waals surface area (Å²) in [6.45, 7) is 7.58. The third kappa shape index (κ3) is 4.48. The van der Waals surface area contributed by atoms with Gasteiger partial charge in [0.25, 0.3) is 0 Å². The number of hydrogen-bond donors (Lipinski definition) is 2. The zero-order chi connectivity index (χ0) is 18.8. The molecule has 134 valence electrons. The maximum absolute atomic E-state index is 13.1. The van der Waals surface area contributed by atoms with Gasteiger partial charge in [-0.05, 0) is 51.0 Å². The third-order valence-electron chi connectivity index (χ3n) is 3.63. The van der Waals surface area contributed by atoms with Crippen LogP contribution in [0.3, 0.4) is 0 Å². The van der Waals surface area contributed by atoms with E-state index in [1.54, 1.807) is 13.0 Å². The van der Waals surface area contributed by atoms with Gasteiger partial charge in [-0.1, -0.05) is 23.8 Å². The minimum Gasteiger partial charge on any atom is -0.489 e. The van der Waals surface area contributed by atoms with Gasteiger partial charge in [0.05, 0.1) is 12.2 Å². The van der Waals surface area contributed by atoms with E-state index >= 15 is 0 Å². The standard InChI is InChI=1S/C18H21O6P/c1-5-23-18-14(7-6-8-15(18)24-25(20,21)22)17(19)16-12(3)9-11(2)10-13(16)4/h6-10H,5H2,1-4H3,(H2,20,21,22). The molecule has 0 aliphatic carbocycles. The van der Waals surface area contributed by atoms with Gasteiger partial charge >= 0.3 is 7.82 Å². The zero-order valence-corrected chi connectivity index (χ0v) is 15.5. The van der Waals surface area contributed by atoms with Crippen molar-refractivity contribution in [1.29, 1.82) is 0 Å². The van der Waals surface area contributed by atoms with E-state index in [4.69, 9.17) is 14.5 Å². The Balaban J connectivity index is 2.61. The van der Waals surface area contributed by atoms with Crippen molar-refractivity contribution in [3.8, 4) is 11.5 Å². The molecule has 0 fully saturated rings. The normalized spacial score (nSPS) is 11.3. The van der Waals surface area contributed by atoms with E-state index in [1.807, 2.05) is 32.9 Å². The molecule has 0 saturated heterocycles. The Morgan fingerprint density at radius 2 is 1.72 bits per heavy atom. The van der Waals surface area contributed by atoms with Crippen LogP contribution in [0, 0.1) is 20.8 Å². The van der Waals surface area contributed by atoms with Crippen LogP contribution in [0.25, 0.3) is 0 Å². The molecule has 6 nitrogen and oxygen atoms in total. The Kier molecular flexibility index (Phi) is 5.68. The first-order chi connectivity index (χ1) is 11.6. The van der Waals surface area contributed by atoms with E-state index in [1.165, 1.54) is 12.1 Å². The fourth-order valence-corrected chi connectivity index (χ4v) is 3.26. The van der Waals surface area contributed by atoms with Crippen LogP contribution in [0.4, 0.5) is 0 Å². The number of aryl methyl sites for hydroxylation is 3. The van der Waals surface area contributed by atoms with Crippen molar-refractivity contribution >= 4 is 13.6 Å². The molecule has 0 aliphatic heterocycles. The lowest BCUT2D eigenvalue weighted by Crippen LogP contribution is -2.10. The van der Waals surface area contributed by atoms with Crippen molar-refractivity contribution < 1.29 is 28.4 Å². The number of carbonyl (C=O) groups excluding carboxylic acids is 1. The maximum Gasteiger partial charge on any atom is 0.524 e. The van der Waals surface area contributed by atoms with Crippen LogP contribution in [-0.4, -0.2) is 22.2 Å². The molecule has 2 aromatic rings. The van der Waals surface area contributed by atoms with Crippen molar-refractivity contribution in [2.75, 3.05) is 6.61 Å². The Morgan fingerprint density at radius 3 is 2.24 bits per heavy atom. The van der Waals surface area contributed by atoms with Crippen LogP contribution in [0.5, 0.6) is 11.5 Å². The molecule has 2 rings (SSSR count). The van der Waals surface area contributed by atoms with E-state index in [0.29, 0.717) is 5.56 Å². The van der Waals surface area contributed by atoms with Gasteiger partial charge in [0.1, 0.15) is 0 Å². The topological polar surface area (TPSA) is 93.1 Å². The highest BCUT2D eigenvalue weighted by atomic mass is 31.2. The number of ketones is 1. The van der Waals surface area contributed by atoms with Gasteiger partial charge in [0.2, 0.25) is 0 Å². The minimum absolute atomic E-state index is 0.0256. The second-order valence-corrected chi connectivity index (χ2v) is 6.91. The van der Waals surface area contributed by atoms with Gasteiger partial charge in [-0.25, -0.2) is 4.57 Å². The number of ether oxygens (including phenoxy) is 1. The number of rotatable bonds is 6. The van der Waals surface area contributed by atoms with Crippen molar-refractivity contribution in [3.63, 3.8) is 0 Å². The first-order valence-corrected chi connectivity index (χ1v) is 9.30. The van der Waals surface area contributed by atoms with Crippen molar-refractivity contribution in [1.82, 2.24) is 0 Å². The lowest BCUT2D eigenvalue weighted by Gasteiger charge is -2.17. The van der Waals surface area contributed by atoms with Gasteiger partial charge in [-0.3, -0.25) is 14.6 Å². The number of carbonyl (C=O) groups is 1. The van der Waals surface area contributed by atoms with Gasteiger partial charge < -0.3 is 9.26 Å². The fourth-order valence-electron chi connectivity index (χ4n) is 2.86. The van der Waals surface area contributed by atoms with E-state index in [9.17, 15) is 9.36 Å². The molecule has 0 spiro atoms. The number of hydrogen-bond acceptors (Lipinski definition) is 4. The SMILES string of the molecule is CCOc1c(OP(=O)(O)O)cccc1C(=O)c1c(C)cc(C)cc1C. The molecule has 0 amide bonds. The highest BCUT2D eigenvalue weighted by Crippen LogP contribution is 2.43. The second-order valence-electron chi connectivity index (χ2n) is 5.75. The summed E-state index contributed by atoms with van der Waals surface area (Å²) in [7, 11) is -4.78. The molecule has 2 N–H and O–H groups in total. The van der Waals surface area contributed by atoms with Gasteiger partial charge in [-0.15, -0.1) is 0 Å². The Bertz CT molecular complexity index is 830. The highest BCUT2D eigenvalue weighted by Gasteiger charge is 2.25. The van der Waals surface area contributed by atoms with Gasteiger partial charge in [0, 0.05) is 5.56 Å². The quantitative estimate of drug-likeness (QED) is 0.599. The smallest absolute Gasteiger partial charge is 0.489 e. The Morgan fingerprint density at radius 1 is 1.12 bits per heavy atom. The fraction of sp³-hybridized carbons (Fsp3) is 0.278. The predicted molar refractivity (Wildman–Crippen MR) is 94.4 cm³/mol. The van der Waals surface area contributed by atoms with Crippen LogP contribution < -0.4 is 9.26 Å². The van der Waals surface area contributed by atoms with Crippen molar-refractivity contribution in [2.24, 2.45) is 0 Å². The van der Waals surface area contributed by atoms with Crippen LogP contribution in [-0.2, 0) is 4.57 Å². The van der Waals surface area contributed by atoms with Crippen LogP contribution in [0.2, 0.25) is 0 Å². The molecule has 25 heavy (non-hydrogen) atoms. The summed E-state index contributed by atoms with van der Waals surface area (Å²) < 4.78 is 21.3. The predicted octanol–water partition coefficient (Wildman–Crippen LogP) is 3.71. The Hall–Kier alpha value is -2.14. The molecule has 0 aromatic heterocycles. The maximum atomic E-state index is 13.1. The first-order valence-electron chi connectivity index (χ1n) is 7.77. The number of phosphoric acid groups is 1. The summed E-state index contributed by atoms with van der Waals surface area (Å²) >= 11 is 0. The lowest BCUT2D eigenvalue weighted by atomic mass is 9.92. The summed E-state index contributed by atoms with van der Waals surface area (Å²) in [5.41, 5.74) is 3.44. The van der Waals surface area contributed by atoms with Gasteiger partial charge in [-0.2, -0.15) is 0 Å².